The molecule has 0 aliphatic carbocycles. The topological polar surface area (TPSA) is 48.8 Å². The molecule has 2 rings (SSSR count). The van der Waals surface area contributed by atoms with E-state index < -0.39 is 0 Å². The van der Waals surface area contributed by atoms with Crippen molar-refractivity contribution in [1.29, 1.82) is 0 Å². The lowest BCUT2D eigenvalue weighted by Gasteiger charge is -2.07. The normalized spacial score (nSPS) is 12.8. The fraction of sp³-hybridized carbons (Fsp3) is 0.533. The van der Waals surface area contributed by atoms with E-state index in [2.05, 4.69) is 62.6 Å². The SMILES string of the molecule is CCc1nn(CC)c(Cn2ccc(CC(C)N)c2)c1Br. The van der Waals surface area contributed by atoms with Crippen molar-refractivity contribution in [3.8, 4) is 0 Å². The Kier molecular flexibility index (Phi) is 5.05. The number of aryl methyl sites for hydroxylation is 2. The molecule has 110 valence electrons. The third-order valence-electron chi connectivity index (χ3n) is 3.40. The van der Waals surface area contributed by atoms with Gasteiger partial charge in [0.1, 0.15) is 0 Å². The summed E-state index contributed by atoms with van der Waals surface area (Å²) < 4.78 is 5.42. The van der Waals surface area contributed by atoms with Gasteiger partial charge in [0.2, 0.25) is 0 Å². The van der Waals surface area contributed by atoms with Crippen molar-refractivity contribution in [2.24, 2.45) is 5.73 Å². The zero-order valence-electron chi connectivity index (χ0n) is 12.4. The molecule has 0 saturated heterocycles. The fourth-order valence-corrected chi connectivity index (χ4v) is 3.11. The summed E-state index contributed by atoms with van der Waals surface area (Å²) in [6.45, 7) is 8.02. The molecular formula is C15H23BrN4. The highest BCUT2D eigenvalue weighted by molar-refractivity contribution is 9.10. The number of hydrogen-bond acceptors (Lipinski definition) is 2. The third kappa shape index (κ3) is 3.33. The molecule has 2 aromatic rings. The first-order valence-electron chi connectivity index (χ1n) is 7.19. The summed E-state index contributed by atoms with van der Waals surface area (Å²) >= 11 is 3.69. The Labute approximate surface area is 129 Å². The second kappa shape index (κ2) is 6.59. The first-order chi connectivity index (χ1) is 9.55. The molecule has 2 heterocycles. The monoisotopic (exact) mass is 338 g/mol. The maximum Gasteiger partial charge on any atom is 0.0767 e. The smallest absolute Gasteiger partial charge is 0.0767 e. The Balaban J connectivity index is 2.21. The van der Waals surface area contributed by atoms with E-state index in [4.69, 9.17) is 5.73 Å². The van der Waals surface area contributed by atoms with Crippen molar-refractivity contribution in [3.63, 3.8) is 0 Å². The van der Waals surface area contributed by atoms with Crippen molar-refractivity contribution in [2.75, 3.05) is 0 Å². The predicted octanol–water partition coefficient (Wildman–Crippen LogP) is 2.97. The lowest BCUT2D eigenvalue weighted by atomic mass is 10.1. The molecule has 2 aromatic heterocycles. The molecule has 0 spiro atoms. The number of hydrogen-bond donors (Lipinski definition) is 1. The van der Waals surface area contributed by atoms with E-state index in [0.29, 0.717) is 0 Å². The van der Waals surface area contributed by atoms with Crippen molar-refractivity contribution in [3.05, 3.63) is 39.9 Å². The molecule has 5 heteroatoms. The molecule has 0 saturated carbocycles. The minimum absolute atomic E-state index is 0.199. The number of nitrogens with zero attached hydrogens (tertiary/aromatic N) is 3. The van der Waals surface area contributed by atoms with Gasteiger partial charge in [-0.1, -0.05) is 6.92 Å². The molecule has 0 fully saturated rings. The van der Waals surface area contributed by atoms with Gasteiger partial charge in [0.05, 0.1) is 22.4 Å². The van der Waals surface area contributed by atoms with Crippen LogP contribution in [-0.4, -0.2) is 20.4 Å². The van der Waals surface area contributed by atoms with Crippen LogP contribution in [0.3, 0.4) is 0 Å². The van der Waals surface area contributed by atoms with Gasteiger partial charge in [-0.2, -0.15) is 5.10 Å². The number of halogens is 1. The number of nitrogens with two attached hydrogens (primary N) is 1. The summed E-state index contributed by atoms with van der Waals surface area (Å²) in [4.78, 5) is 0. The molecule has 0 radical (unpaired) electrons. The van der Waals surface area contributed by atoms with Crippen molar-refractivity contribution < 1.29 is 0 Å². The van der Waals surface area contributed by atoms with Crippen molar-refractivity contribution in [1.82, 2.24) is 14.3 Å². The van der Waals surface area contributed by atoms with Crippen LogP contribution in [-0.2, 0) is 25.9 Å². The van der Waals surface area contributed by atoms with E-state index in [1.807, 2.05) is 6.92 Å². The standard InChI is InChI=1S/C15H23BrN4/c1-4-13-15(16)14(20(5-2)18-13)10-19-7-6-12(9-19)8-11(3)17/h6-7,9,11H,4-5,8,10,17H2,1-3H3. The Morgan fingerprint density at radius 2 is 2.15 bits per heavy atom. The Bertz CT molecular complexity index is 568. The largest absolute Gasteiger partial charge is 0.348 e. The summed E-state index contributed by atoms with van der Waals surface area (Å²) in [5.41, 5.74) is 9.49. The summed E-state index contributed by atoms with van der Waals surface area (Å²) in [5.74, 6) is 0. The predicted molar refractivity (Wildman–Crippen MR) is 85.9 cm³/mol. The molecule has 0 aliphatic heterocycles. The molecule has 20 heavy (non-hydrogen) atoms. The zero-order valence-corrected chi connectivity index (χ0v) is 14.0. The minimum atomic E-state index is 0.199. The van der Waals surface area contributed by atoms with Gasteiger partial charge in [-0.25, -0.2) is 0 Å². The lowest BCUT2D eigenvalue weighted by molar-refractivity contribution is 0.594. The van der Waals surface area contributed by atoms with Crippen molar-refractivity contribution in [2.45, 2.75) is 52.7 Å². The Morgan fingerprint density at radius 3 is 2.75 bits per heavy atom. The van der Waals surface area contributed by atoms with Crippen LogP contribution in [0.2, 0.25) is 0 Å². The third-order valence-corrected chi connectivity index (χ3v) is 4.31. The Hall–Kier alpha value is -1.07. The van der Waals surface area contributed by atoms with Gasteiger partial charge in [0, 0.05) is 25.0 Å². The quantitative estimate of drug-likeness (QED) is 0.880. The van der Waals surface area contributed by atoms with Gasteiger partial charge >= 0.3 is 0 Å². The van der Waals surface area contributed by atoms with Gasteiger partial charge in [-0.3, -0.25) is 4.68 Å². The summed E-state index contributed by atoms with van der Waals surface area (Å²) in [6, 6.07) is 2.34. The van der Waals surface area contributed by atoms with Gasteiger partial charge in [-0.05, 0) is 54.2 Å². The van der Waals surface area contributed by atoms with Gasteiger partial charge in [0.25, 0.3) is 0 Å². The molecule has 0 amide bonds. The molecule has 2 N–H and O–H groups in total. The first-order valence-corrected chi connectivity index (χ1v) is 7.98. The highest BCUT2D eigenvalue weighted by atomic mass is 79.9. The van der Waals surface area contributed by atoms with E-state index in [-0.39, 0.29) is 6.04 Å². The van der Waals surface area contributed by atoms with E-state index in [1.54, 1.807) is 0 Å². The van der Waals surface area contributed by atoms with Gasteiger partial charge in [0.15, 0.2) is 0 Å². The van der Waals surface area contributed by atoms with Crippen LogP contribution >= 0.6 is 15.9 Å². The van der Waals surface area contributed by atoms with Crippen LogP contribution in [0.5, 0.6) is 0 Å². The van der Waals surface area contributed by atoms with Gasteiger partial charge in [-0.15, -0.1) is 0 Å². The second-order valence-corrected chi connectivity index (χ2v) is 6.04. The maximum atomic E-state index is 5.85. The zero-order chi connectivity index (χ0) is 14.7. The molecule has 1 unspecified atom stereocenters. The molecular weight excluding hydrogens is 316 g/mol. The minimum Gasteiger partial charge on any atom is -0.348 e. The van der Waals surface area contributed by atoms with E-state index in [9.17, 15) is 0 Å². The highest BCUT2D eigenvalue weighted by Gasteiger charge is 2.14. The fourth-order valence-electron chi connectivity index (χ4n) is 2.42. The lowest BCUT2D eigenvalue weighted by Crippen LogP contribution is -2.17. The molecule has 0 aliphatic rings. The molecule has 0 aromatic carbocycles. The highest BCUT2D eigenvalue weighted by Crippen LogP contribution is 2.23. The number of rotatable bonds is 6. The summed E-state index contributed by atoms with van der Waals surface area (Å²) in [6.07, 6.45) is 6.15. The van der Waals surface area contributed by atoms with Crippen LogP contribution in [0.15, 0.2) is 22.9 Å². The van der Waals surface area contributed by atoms with E-state index in [0.717, 1.165) is 36.1 Å². The van der Waals surface area contributed by atoms with Crippen LogP contribution in [0.4, 0.5) is 0 Å². The van der Waals surface area contributed by atoms with E-state index >= 15 is 0 Å². The van der Waals surface area contributed by atoms with E-state index in [1.165, 1.54) is 11.3 Å². The first kappa shape index (κ1) is 15.3. The van der Waals surface area contributed by atoms with Crippen LogP contribution in [0.25, 0.3) is 0 Å². The maximum absolute atomic E-state index is 5.85. The Morgan fingerprint density at radius 1 is 1.40 bits per heavy atom. The molecule has 1 atom stereocenters. The summed E-state index contributed by atoms with van der Waals surface area (Å²) in [5, 5.41) is 4.63. The summed E-state index contributed by atoms with van der Waals surface area (Å²) in [7, 11) is 0. The average molecular weight is 339 g/mol. The molecule has 4 nitrogen and oxygen atoms in total. The second-order valence-electron chi connectivity index (χ2n) is 5.25. The van der Waals surface area contributed by atoms with Crippen molar-refractivity contribution >= 4 is 15.9 Å². The average Bonchev–Trinajstić information content (AvgIpc) is 2.95. The van der Waals surface area contributed by atoms with Crippen LogP contribution in [0, 0.1) is 0 Å². The van der Waals surface area contributed by atoms with Gasteiger partial charge < -0.3 is 10.3 Å². The van der Waals surface area contributed by atoms with Crippen LogP contribution in [0.1, 0.15) is 37.7 Å². The number of aromatic nitrogens is 3. The molecule has 0 bridgehead atoms. The van der Waals surface area contributed by atoms with Crippen LogP contribution < -0.4 is 5.73 Å².